The Hall–Kier alpha value is -4.72. The van der Waals surface area contributed by atoms with Gasteiger partial charge in [-0.1, -0.05) is 66.7 Å². The van der Waals surface area contributed by atoms with Crippen molar-refractivity contribution in [2.45, 2.75) is 19.3 Å². The quantitative estimate of drug-likeness (QED) is 0.208. The van der Waals surface area contributed by atoms with Gasteiger partial charge in [0.05, 0.1) is 5.56 Å². The summed E-state index contributed by atoms with van der Waals surface area (Å²) in [5.41, 5.74) is 2.55. The number of rotatable bonds is 7. The van der Waals surface area contributed by atoms with Crippen molar-refractivity contribution in [2.75, 3.05) is 0 Å². The number of nitrogens with one attached hydrogen (secondary N) is 1. The maximum atomic E-state index is 13.8. The number of carbonyl (C=O) groups excluding carboxylic acids is 1. The van der Waals surface area contributed by atoms with Gasteiger partial charge in [0, 0.05) is 12.1 Å². The van der Waals surface area contributed by atoms with Crippen molar-refractivity contribution in [2.24, 2.45) is 0 Å². The van der Waals surface area contributed by atoms with Crippen LogP contribution in [0.5, 0.6) is 5.75 Å². The first-order valence-corrected chi connectivity index (χ1v) is 12.3. The van der Waals surface area contributed by atoms with Crippen LogP contribution in [-0.2, 0) is 19.3 Å². The summed E-state index contributed by atoms with van der Waals surface area (Å²) in [6.07, 6.45) is -4.41. The van der Waals surface area contributed by atoms with Crippen LogP contribution in [0.25, 0.3) is 21.9 Å². The fourth-order valence-corrected chi connectivity index (χ4v) is 4.41. The third-order valence-corrected chi connectivity index (χ3v) is 6.41. The number of hydrogen-bond acceptors (Lipinski definition) is 2. The Morgan fingerprint density at radius 1 is 0.750 bits per heavy atom. The van der Waals surface area contributed by atoms with Crippen LogP contribution in [0.4, 0.5) is 22.0 Å². The molecule has 1 amide bonds. The second-order valence-electron chi connectivity index (χ2n) is 9.16. The SMILES string of the molecule is O=C(NCc1cccc(COc2c(F)cccc2F)c1)c1ccc2c(-c3ccc(C(F)(F)F)cc3)cccc2c1. The zero-order valence-corrected chi connectivity index (χ0v) is 20.9. The van der Waals surface area contributed by atoms with Crippen molar-refractivity contribution < 1.29 is 31.5 Å². The summed E-state index contributed by atoms with van der Waals surface area (Å²) in [5, 5.41) is 4.43. The molecule has 0 bridgehead atoms. The largest absolute Gasteiger partial charge is 0.483 e. The number of hydrogen-bond donors (Lipinski definition) is 1. The summed E-state index contributed by atoms with van der Waals surface area (Å²) < 4.78 is 71.8. The normalized spacial score (nSPS) is 11.4. The molecule has 8 heteroatoms. The summed E-state index contributed by atoms with van der Waals surface area (Å²) in [6.45, 7) is 0.163. The molecule has 0 saturated heterocycles. The molecular weight excluding hydrogens is 525 g/mol. The number of amides is 1. The zero-order valence-electron chi connectivity index (χ0n) is 20.9. The summed E-state index contributed by atoms with van der Waals surface area (Å²) in [6, 6.07) is 26.2. The smallest absolute Gasteiger partial charge is 0.416 e. The predicted molar refractivity (Wildman–Crippen MR) is 143 cm³/mol. The minimum absolute atomic E-state index is 0.0500. The van der Waals surface area contributed by atoms with E-state index in [1.807, 2.05) is 18.2 Å². The molecule has 3 nitrogen and oxygen atoms in total. The lowest BCUT2D eigenvalue weighted by molar-refractivity contribution is -0.137. The van der Waals surface area contributed by atoms with Gasteiger partial charge in [-0.3, -0.25) is 4.79 Å². The number of carbonyl (C=O) groups is 1. The first-order valence-electron chi connectivity index (χ1n) is 12.3. The van der Waals surface area contributed by atoms with Crippen molar-refractivity contribution in [1.29, 1.82) is 0 Å². The lowest BCUT2D eigenvalue weighted by atomic mass is 9.96. The highest BCUT2D eigenvalue weighted by Gasteiger charge is 2.30. The number of ether oxygens (including phenoxy) is 1. The molecule has 5 aromatic carbocycles. The van der Waals surface area contributed by atoms with Gasteiger partial charge in [-0.15, -0.1) is 0 Å². The van der Waals surface area contributed by atoms with Gasteiger partial charge in [-0.05, 0) is 69.4 Å². The number of para-hydroxylation sites is 1. The van der Waals surface area contributed by atoms with E-state index in [0.717, 1.165) is 46.2 Å². The number of alkyl halides is 3. The summed E-state index contributed by atoms with van der Waals surface area (Å²) in [5.74, 6) is -2.33. The van der Waals surface area contributed by atoms with E-state index in [-0.39, 0.29) is 19.1 Å². The molecule has 0 unspecified atom stereocenters. The molecule has 0 aliphatic rings. The van der Waals surface area contributed by atoms with E-state index in [4.69, 9.17) is 4.74 Å². The maximum absolute atomic E-state index is 13.8. The fourth-order valence-electron chi connectivity index (χ4n) is 4.41. The van der Waals surface area contributed by atoms with Crippen molar-refractivity contribution in [3.05, 3.63) is 137 Å². The summed E-state index contributed by atoms with van der Waals surface area (Å²) >= 11 is 0. The number of halogens is 5. The maximum Gasteiger partial charge on any atom is 0.416 e. The molecule has 0 radical (unpaired) electrons. The predicted octanol–water partition coefficient (Wildman–Crippen LogP) is 8.31. The molecule has 5 aromatic rings. The van der Waals surface area contributed by atoms with Gasteiger partial charge in [-0.2, -0.15) is 13.2 Å². The molecule has 0 spiro atoms. The van der Waals surface area contributed by atoms with Gasteiger partial charge < -0.3 is 10.1 Å². The number of fused-ring (bicyclic) bond motifs is 1. The first-order chi connectivity index (χ1) is 19.2. The average molecular weight is 548 g/mol. The van der Waals surface area contributed by atoms with E-state index >= 15 is 0 Å². The minimum Gasteiger partial charge on any atom is -0.483 e. The van der Waals surface area contributed by atoms with Crippen molar-refractivity contribution in [1.82, 2.24) is 5.32 Å². The molecular formula is C32H22F5NO2. The molecule has 0 aromatic heterocycles. The van der Waals surface area contributed by atoms with E-state index in [0.29, 0.717) is 16.7 Å². The van der Waals surface area contributed by atoms with E-state index in [1.54, 1.807) is 42.5 Å². The van der Waals surface area contributed by atoms with Gasteiger partial charge >= 0.3 is 6.18 Å². The van der Waals surface area contributed by atoms with Crippen molar-refractivity contribution >= 4 is 16.7 Å². The van der Waals surface area contributed by atoms with Crippen LogP contribution in [0.2, 0.25) is 0 Å². The molecule has 0 aliphatic carbocycles. The molecule has 0 saturated carbocycles. The van der Waals surface area contributed by atoms with Gasteiger partial charge in [0.15, 0.2) is 17.4 Å². The van der Waals surface area contributed by atoms with Crippen LogP contribution in [0, 0.1) is 11.6 Å². The second-order valence-corrected chi connectivity index (χ2v) is 9.16. The number of benzene rings is 5. The van der Waals surface area contributed by atoms with Crippen molar-refractivity contribution in [3.63, 3.8) is 0 Å². The van der Waals surface area contributed by atoms with Crippen molar-refractivity contribution in [3.8, 4) is 16.9 Å². The Morgan fingerprint density at radius 3 is 2.15 bits per heavy atom. The molecule has 1 N–H and O–H groups in total. The minimum atomic E-state index is -4.41. The highest BCUT2D eigenvalue weighted by molar-refractivity contribution is 6.02. The molecule has 0 aliphatic heterocycles. The lowest BCUT2D eigenvalue weighted by Crippen LogP contribution is -2.22. The van der Waals surface area contributed by atoms with Crippen LogP contribution in [0.15, 0.2) is 103 Å². The van der Waals surface area contributed by atoms with Gasteiger partial charge in [-0.25, -0.2) is 8.78 Å². The summed E-state index contributed by atoms with van der Waals surface area (Å²) in [4.78, 5) is 12.9. The van der Waals surface area contributed by atoms with Crippen LogP contribution >= 0.6 is 0 Å². The van der Waals surface area contributed by atoms with E-state index in [1.165, 1.54) is 18.2 Å². The highest BCUT2D eigenvalue weighted by atomic mass is 19.4. The Labute approximate surface area is 226 Å². The molecule has 0 atom stereocenters. The lowest BCUT2D eigenvalue weighted by Gasteiger charge is -2.12. The van der Waals surface area contributed by atoms with Crippen LogP contribution in [-0.4, -0.2) is 5.91 Å². The monoisotopic (exact) mass is 547 g/mol. The highest BCUT2D eigenvalue weighted by Crippen LogP contribution is 2.33. The van der Waals surface area contributed by atoms with E-state index < -0.39 is 29.1 Å². The van der Waals surface area contributed by atoms with Crippen LogP contribution in [0.1, 0.15) is 27.0 Å². The molecule has 40 heavy (non-hydrogen) atoms. The van der Waals surface area contributed by atoms with Gasteiger partial charge in [0.25, 0.3) is 5.91 Å². The molecule has 0 fully saturated rings. The van der Waals surface area contributed by atoms with E-state index in [2.05, 4.69) is 5.32 Å². The molecule has 202 valence electrons. The first kappa shape index (κ1) is 26.9. The van der Waals surface area contributed by atoms with Gasteiger partial charge in [0.1, 0.15) is 6.61 Å². The van der Waals surface area contributed by atoms with Gasteiger partial charge in [0.2, 0.25) is 0 Å². The summed E-state index contributed by atoms with van der Waals surface area (Å²) in [7, 11) is 0. The zero-order chi connectivity index (χ0) is 28.3. The average Bonchev–Trinajstić information content (AvgIpc) is 2.95. The third kappa shape index (κ3) is 5.96. The Bertz CT molecular complexity index is 1660. The Kier molecular flexibility index (Phi) is 7.51. The topological polar surface area (TPSA) is 38.3 Å². The van der Waals surface area contributed by atoms with E-state index in [9.17, 15) is 26.7 Å². The Balaban J connectivity index is 1.27. The third-order valence-electron chi connectivity index (χ3n) is 6.41. The Morgan fingerprint density at radius 2 is 1.43 bits per heavy atom. The molecule has 5 rings (SSSR count). The van der Waals surface area contributed by atoms with Crippen LogP contribution < -0.4 is 10.1 Å². The molecule has 0 heterocycles. The standard InChI is InChI=1S/C32H22F5NO2/c33-28-8-3-9-29(34)30(28)40-19-21-5-1-4-20(16-21)18-38-31(39)24-12-15-27-23(17-24)6-2-7-26(27)22-10-13-25(14-11-22)32(35,36)37/h1-17H,18-19H2,(H,38,39). The second kappa shape index (κ2) is 11.2. The fraction of sp³-hybridized carbons (Fsp3) is 0.0938. The van der Waals surface area contributed by atoms with Crippen LogP contribution in [0.3, 0.4) is 0 Å².